The Balaban J connectivity index is 2.07. The van der Waals surface area contributed by atoms with Crippen LogP contribution in [0.4, 0.5) is 0 Å². The molecule has 2 aromatic carbocycles. The maximum absolute atomic E-state index is 12.3. The topological polar surface area (TPSA) is 75.7 Å². The molecule has 0 heterocycles. The fourth-order valence-corrected chi connectivity index (χ4v) is 3.19. The number of hydrogen-bond donors (Lipinski definition) is 1. The molecule has 0 unspecified atom stereocenters. The third-order valence-corrected chi connectivity index (χ3v) is 5.58. The lowest BCUT2D eigenvalue weighted by molar-refractivity contribution is 0.0950. The smallest absolute Gasteiger partial charge is 0.251 e. The summed E-state index contributed by atoms with van der Waals surface area (Å²) < 4.78 is 30.4. The number of carbonyl (C=O) groups is 1. The summed E-state index contributed by atoms with van der Waals surface area (Å²) in [6, 6.07) is 13.6. The number of benzene rings is 2. The van der Waals surface area contributed by atoms with Crippen molar-refractivity contribution in [2.45, 2.75) is 18.0 Å². The van der Waals surface area contributed by atoms with Gasteiger partial charge >= 0.3 is 0 Å². The molecule has 0 radical (unpaired) electrons. The van der Waals surface area contributed by atoms with Gasteiger partial charge in [-0.2, -0.15) is 0 Å². The van der Waals surface area contributed by atoms with Crippen LogP contribution in [0.1, 0.15) is 21.5 Å². The van der Waals surface area contributed by atoms with Crippen LogP contribution in [0.15, 0.2) is 53.4 Å². The molecule has 7 heteroatoms. The van der Waals surface area contributed by atoms with Crippen molar-refractivity contribution in [3.05, 3.63) is 65.2 Å². The van der Waals surface area contributed by atoms with E-state index in [2.05, 4.69) is 5.32 Å². The molecule has 25 heavy (non-hydrogen) atoms. The molecule has 0 aromatic heterocycles. The number of nitrogens with zero attached hydrogens (tertiary/aromatic N) is 1. The molecule has 0 bridgehead atoms. The highest BCUT2D eigenvalue weighted by Gasteiger charge is 2.17. The molecule has 0 saturated carbocycles. The first-order chi connectivity index (χ1) is 11.9. The fraction of sp³-hybridized carbons (Fsp3) is 0.278. The quantitative estimate of drug-likeness (QED) is 0.818. The summed E-state index contributed by atoms with van der Waals surface area (Å²) in [5.41, 5.74) is 2.39. The van der Waals surface area contributed by atoms with Crippen LogP contribution in [-0.2, 0) is 27.9 Å². The molecule has 0 saturated heterocycles. The lowest BCUT2D eigenvalue weighted by atomic mass is 10.1. The zero-order valence-electron chi connectivity index (χ0n) is 14.5. The number of ether oxygens (including phenoxy) is 1. The van der Waals surface area contributed by atoms with E-state index in [1.165, 1.54) is 38.4 Å². The number of rotatable bonds is 7. The number of carbonyl (C=O) groups excluding carboxylic acids is 1. The summed E-state index contributed by atoms with van der Waals surface area (Å²) in [5.74, 6) is -0.263. The fourth-order valence-electron chi connectivity index (χ4n) is 2.29. The van der Waals surface area contributed by atoms with Gasteiger partial charge in [-0.15, -0.1) is 0 Å². The van der Waals surface area contributed by atoms with Crippen molar-refractivity contribution in [1.29, 1.82) is 0 Å². The highest BCUT2D eigenvalue weighted by molar-refractivity contribution is 7.89. The molecule has 2 aromatic rings. The second-order valence-corrected chi connectivity index (χ2v) is 7.85. The molecular weight excluding hydrogens is 340 g/mol. The van der Waals surface area contributed by atoms with E-state index in [0.717, 1.165) is 15.4 Å². The Hall–Kier alpha value is -2.22. The number of amides is 1. The van der Waals surface area contributed by atoms with E-state index in [9.17, 15) is 13.2 Å². The average Bonchev–Trinajstić information content (AvgIpc) is 2.61. The molecule has 0 aliphatic heterocycles. The predicted molar refractivity (Wildman–Crippen MR) is 95.6 cm³/mol. The van der Waals surface area contributed by atoms with E-state index >= 15 is 0 Å². The Morgan fingerprint density at radius 3 is 2.20 bits per heavy atom. The van der Waals surface area contributed by atoms with Gasteiger partial charge in [0.1, 0.15) is 0 Å². The van der Waals surface area contributed by atoms with Crippen LogP contribution in [0, 0.1) is 0 Å². The van der Waals surface area contributed by atoms with Gasteiger partial charge in [0.25, 0.3) is 5.91 Å². The van der Waals surface area contributed by atoms with Gasteiger partial charge in [0, 0.05) is 33.3 Å². The van der Waals surface area contributed by atoms with E-state index in [1.807, 2.05) is 24.3 Å². The van der Waals surface area contributed by atoms with Crippen molar-refractivity contribution in [3.8, 4) is 0 Å². The normalized spacial score (nSPS) is 11.5. The van der Waals surface area contributed by atoms with Crippen molar-refractivity contribution in [2.24, 2.45) is 0 Å². The van der Waals surface area contributed by atoms with Crippen LogP contribution in [0.3, 0.4) is 0 Å². The van der Waals surface area contributed by atoms with Crippen LogP contribution in [-0.4, -0.2) is 39.8 Å². The summed E-state index contributed by atoms with van der Waals surface area (Å²) >= 11 is 0. The SMILES string of the molecule is COCc1ccccc1CNC(=O)c1ccc(S(=O)(=O)N(C)C)cc1. The lowest BCUT2D eigenvalue weighted by Gasteiger charge is -2.12. The van der Waals surface area contributed by atoms with Crippen LogP contribution in [0.2, 0.25) is 0 Å². The van der Waals surface area contributed by atoms with Gasteiger partial charge in [-0.05, 0) is 35.4 Å². The van der Waals surface area contributed by atoms with Crippen LogP contribution < -0.4 is 5.32 Å². The monoisotopic (exact) mass is 362 g/mol. The summed E-state index contributed by atoms with van der Waals surface area (Å²) in [7, 11) is 1.06. The van der Waals surface area contributed by atoms with Crippen LogP contribution in [0.25, 0.3) is 0 Å². The zero-order valence-corrected chi connectivity index (χ0v) is 15.3. The van der Waals surface area contributed by atoms with Crippen molar-refractivity contribution in [1.82, 2.24) is 9.62 Å². The molecule has 6 nitrogen and oxygen atoms in total. The Bertz CT molecular complexity index is 830. The Labute approximate surface area is 148 Å². The third kappa shape index (κ3) is 4.66. The number of methoxy groups -OCH3 is 1. The molecule has 1 amide bonds. The van der Waals surface area contributed by atoms with Gasteiger partial charge in [-0.1, -0.05) is 24.3 Å². The Morgan fingerprint density at radius 1 is 1.04 bits per heavy atom. The summed E-state index contributed by atoms with van der Waals surface area (Å²) in [5, 5.41) is 2.84. The second-order valence-electron chi connectivity index (χ2n) is 5.70. The molecule has 0 atom stereocenters. The summed E-state index contributed by atoms with van der Waals surface area (Å²) in [6.07, 6.45) is 0. The van der Waals surface area contributed by atoms with Crippen LogP contribution >= 0.6 is 0 Å². The van der Waals surface area contributed by atoms with Gasteiger partial charge in [-0.25, -0.2) is 12.7 Å². The van der Waals surface area contributed by atoms with Crippen molar-refractivity contribution < 1.29 is 17.9 Å². The van der Waals surface area contributed by atoms with E-state index in [-0.39, 0.29) is 10.8 Å². The Kier molecular flexibility index (Phi) is 6.30. The first-order valence-electron chi connectivity index (χ1n) is 7.72. The molecule has 2 rings (SSSR count). The van der Waals surface area contributed by atoms with Gasteiger partial charge < -0.3 is 10.1 Å². The van der Waals surface area contributed by atoms with E-state index < -0.39 is 10.0 Å². The minimum atomic E-state index is -3.50. The van der Waals surface area contributed by atoms with Gasteiger partial charge in [0.15, 0.2) is 0 Å². The Morgan fingerprint density at radius 2 is 1.64 bits per heavy atom. The second kappa shape index (κ2) is 8.24. The van der Waals surface area contributed by atoms with Crippen LogP contribution in [0.5, 0.6) is 0 Å². The van der Waals surface area contributed by atoms with Crippen molar-refractivity contribution >= 4 is 15.9 Å². The van der Waals surface area contributed by atoms with E-state index in [0.29, 0.717) is 18.7 Å². The number of sulfonamides is 1. The molecule has 0 aliphatic rings. The molecule has 0 spiro atoms. The van der Waals surface area contributed by atoms with E-state index in [4.69, 9.17) is 4.74 Å². The lowest BCUT2D eigenvalue weighted by Crippen LogP contribution is -2.24. The van der Waals surface area contributed by atoms with Gasteiger partial charge in [0.2, 0.25) is 10.0 Å². The minimum Gasteiger partial charge on any atom is -0.380 e. The third-order valence-electron chi connectivity index (χ3n) is 3.75. The first kappa shape index (κ1) is 19.1. The predicted octanol–water partition coefficient (Wildman–Crippen LogP) is 2.01. The molecule has 0 aliphatic carbocycles. The highest BCUT2D eigenvalue weighted by Crippen LogP contribution is 2.14. The molecule has 134 valence electrons. The maximum atomic E-state index is 12.3. The molecule has 1 N–H and O–H groups in total. The van der Waals surface area contributed by atoms with Crippen molar-refractivity contribution in [3.63, 3.8) is 0 Å². The van der Waals surface area contributed by atoms with Crippen molar-refractivity contribution in [2.75, 3.05) is 21.2 Å². The average molecular weight is 362 g/mol. The number of nitrogens with one attached hydrogen (secondary N) is 1. The minimum absolute atomic E-state index is 0.152. The molecule has 0 fully saturated rings. The largest absolute Gasteiger partial charge is 0.380 e. The van der Waals surface area contributed by atoms with Gasteiger partial charge in [0.05, 0.1) is 11.5 Å². The summed E-state index contributed by atoms with van der Waals surface area (Å²) in [4.78, 5) is 12.4. The maximum Gasteiger partial charge on any atom is 0.251 e. The molecular formula is C18H22N2O4S. The number of hydrogen-bond acceptors (Lipinski definition) is 4. The van der Waals surface area contributed by atoms with E-state index in [1.54, 1.807) is 7.11 Å². The highest BCUT2D eigenvalue weighted by atomic mass is 32.2. The standard InChI is InChI=1S/C18H22N2O4S/c1-20(2)25(22,23)17-10-8-14(9-11-17)18(21)19-12-15-6-4-5-7-16(15)13-24-3/h4-11H,12-13H2,1-3H3,(H,19,21). The zero-order chi connectivity index (χ0) is 18.4. The van der Waals surface area contributed by atoms with Gasteiger partial charge in [-0.3, -0.25) is 4.79 Å². The first-order valence-corrected chi connectivity index (χ1v) is 9.16. The summed E-state index contributed by atoms with van der Waals surface area (Å²) in [6.45, 7) is 0.846.